The second-order valence-corrected chi connectivity index (χ2v) is 10.6. The van der Waals surface area contributed by atoms with E-state index in [1.165, 1.54) is 57.8 Å². The van der Waals surface area contributed by atoms with Gasteiger partial charge in [0.2, 0.25) is 11.8 Å². The minimum Gasteiger partial charge on any atom is -0.332 e. The fourth-order valence-corrected chi connectivity index (χ4v) is 6.44. The Morgan fingerprint density at radius 1 is 0.906 bits per heavy atom. The zero-order chi connectivity index (χ0) is 22.1. The van der Waals surface area contributed by atoms with Gasteiger partial charge in [-0.3, -0.25) is 14.5 Å². The Hall–Kier alpha value is -1.98. The van der Waals surface area contributed by atoms with Crippen LogP contribution in [-0.4, -0.2) is 39.8 Å². The molecule has 0 spiro atoms. The third kappa shape index (κ3) is 4.42. The summed E-state index contributed by atoms with van der Waals surface area (Å²) in [6.45, 7) is 3.60. The molecule has 174 valence electrons. The van der Waals surface area contributed by atoms with Crippen LogP contribution in [0, 0.1) is 18.8 Å². The molecule has 2 amide bonds. The van der Waals surface area contributed by atoms with Crippen LogP contribution in [0.15, 0.2) is 0 Å². The number of hydrogen-bond acceptors (Lipinski definition) is 4. The van der Waals surface area contributed by atoms with Crippen molar-refractivity contribution in [2.45, 2.75) is 103 Å². The number of fused-ring (bicyclic) bond motifs is 1. The monoisotopic (exact) mass is 438 g/mol. The van der Waals surface area contributed by atoms with Crippen molar-refractivity contribution in [1.29, 1.82) is 0 Å². The van der Waals surface area contributed by atoms with Crippen molar-refractivity contribution >= 4 is 17.6 Å². The van der Waals surface area contributed by atoms with E-state index in [2.05, 4.69) is 4.90 Å². The maximum absolute atomic E-state index is 13.2. The lowest BCUT2D eigenvalue weighted by Gasteiger charge is -2.36. The zero-order valence-corrected chi connectivity index (χ0v) is 19.7. The van der Waals surface area contributed by atoms with E-state index in [0.717, 1.165) is 55.3 Å². The number of rotatable bonds is 5. The molecule has 6 nitrogen and oxygen atoms in total. The molecule has 2 aliphatic carbocycles. The van der Waals surface area contributed by atoms with Gasteiger partial charge in [-0.25, -0.2) is 9.97 Å². The van der Waals surface area contributed by atoms with Gasteiger partial charge in [0.05, 0.1) is 12.5 Å². The summed E-state index contributed by atoms with van der Waals surface area (Å²) in [6, 6.07) is -0.0473. The highest BCUT2D eigenvalue weighted by Gasteiger charge is 2.36. The van der Waals surface area contributed by atoms with Crippen molar-refractivity contribution in [3.05, 3.63) is 17.1 Å². The van der Waals surface area contributed by atoms with E-state index in [1.807, 2.05) is 11.8 Å². The van der Waals surface area contributed by atoms with Crippen LogP contribution in [0.4, 0.5) is 5.82 Å². The minimum absolute atomic E-state index is 0.0473. The molecule has 1 aromatic rings. The van der Waals surface area contributed by atoms with E-state index in [0.29, 0.717) is 24.7 Å². The summed E-state index contributed by atoms with van der Waals surface area (Å²) < 4.78 is 0. The van der Waals surface area contributed by atoms with Crippen LogP contribution in [0.3, 0.4) is 0 Å². The summed E-state index contributed by atoms with van der Waals surface area (Å²) in [6.07, 6.45) is 15.4. The predicted octanol–water partition coefficient (Wildman–Crippen LogP) is 4.89. The lowest BCUT2D eigenvalue weighted by atomic mass is 9.89. The van der Waals surface area contributed by atoms with Gasteiger partial charge in [0.15, 0.2) is 5.82 Å². The maximum Gasteiger partial charge on any atom is 0.232 e. The fraction of sp³-hybridized carbons (Fsp3) is 0.769. The molecule has 1 aromatic heterocycles. The highest BCUT2D eigenvalue weighted by Crippen LogP contribution is 2.37. The summed E-state index contributed by atoms with van der Waals surface area (Å²) >= 11 is 0. The van der Waals surface area contributed by atoms with Crippen LogP contribution in [0.2, 0.25) is 0 Å². The van der Waals surface area contributed by atoms with Gasteiger partial charge in [0.1, 0.15) is 5.82 Å². The number of aryl methyl sites for hydroxylation is 1. The Labute approximate surface area is 192 Å². The van der Waals surface area contributed by atoms with Gasteiger partial charge in [0, 0.05) is 30.8 Å². The summed E-state index contributed by atoms with van der Waals surface area (Å²) in [5.74, 6) is 3.16. The molecule has 1 saturated heterocycles. The number of carbonyl (C=O) groups excluding carboxylic acids is 2. The molecule has 4 aliphatic rings. The van der Waals surface area contributed by atoms with Crippen molar-refractivity contribution in [2.75, 3.05) is 18.0 Å². The summed E-state index contributed by atoms with van der Waals surface area (Å²) in [4.78, 5) is 40.0. The summed E-state index contributed by atoms with van der Waals surface area (Å²) in [7, 11) is 0. The Kier molecular flexibility index (Phi) is 6.47. The fourth-order valence-electron chi connectivity index (χ4n) is 6.44. The van der Waals surface area contributed by atoms with Crippen LogP contribution in [0.5, 0.6) is 0 Å². The smallest absolute Gasteiger partial charge is 0.232 e. The van der Waals surface area contributed by atoms with Crippen LogP contribution in [0.1, 0.15) is 107 Å². The molecule has 32 heavy (non-hydrogen) atoms. The van der Waals surface area contributed by atoms with Gasteiger partial charge >= 0.3 is 0 Å². The number of anilines is 1. The predicted molar refractivity (Wildman–Crippen MR) is 124 cm³/mol. The molecule has 2 saturated carbocycles. The highest BCUT2D eigenvalue weighted by atomic mass is 16.2. The van der Waals surface area contributed by atoms with E-state index >= 15 is 0 Å². The normalized spacial score (nSPS) is 24.9. The first-order valence-electron chi connectivity index (χ1n) is 13.1. The highest BCUT2D eigenvalue weighted by molar-refractivity contribution is 6.00. The standard InChI is InChI=1S/C26H38N4O2/c1-18-21-16-24(32)30(17-20-11-3-2-4-12-20)26(21)28-25(27-18)22-13-7-8-14-29(22)23(31)15-19-9-5-6-10-19/h19-20,22H,2-17H2,1H3/t22-/m1/s1. The zero-order valence-electron chi connectivity index (χ0n) is 19.7. The molecule has 0 bridgehead atoms. The summed E-state index contributed by atoms with van der Waals surface area (Å²) in [5.41, 5.74) is 1.91. The van der Waals surface area contributed by atoms with Gasteiger partial charge < -0.3 is 4.90 Å². The van der Waals surface area contributed by atoms with Crippen LogP contribution < -0.4 is 4.90 Å². The number of hydrogen-bond donors (Lipinski definition) is 0. The third-order valence-corrected chi connectivity index (χ3v) is 8.32. The molecule has 6 heteroatoms. The molecule has 0 N–H and O–H groups in total. The molecular weight excluding hydrogens is 400 g/mol. The van der Waals surface area contributed by atoms with Crippen molar-refractivity contribution in [2.24, 2.45) is 11.8 Å². The first-order chi connectivity index (χ1) is 15.6. The Balaban J connectivity index is 1.38. The number of amides is 2. The molecular formula is C26H38N4O2. The topological polar surface area (TPSA) is 66.4 Å². The van der Waals surface area contributed by atoms with Gasteiger partial charge in [-0.15, -0.1) is 0 Å². The second kappa shape index (κ2) is 9.48. The van der Waals surface area contributed by atoms with E-state index in [1.54, 1.807) is 0 Å². The number of likely N-dealkylation sites (tertiary alicyclic amines) is 1. The number of aromatic nitrogens is 2. The number of carbonyl (C=O) groups is 2. The average Bonchev–Trinajstić information content (AvgIpc) is 3.43. The van der Waals surface area contributed by atoms with Gasteiger partial charge in [0.25, 0.3) is 0 Å². The van der Waals surface area contributed by atoms with Crippen LogP contribution >= 0.6 is 0 Å². The van der Waals surface area contributed by atoms with Gasteiger partial charge in [-0.05, 0) is 63.7 Å². The van der Waals surface area contributed by atoms with E-state index in [-0.39, 0.29) is 17.9 Å². The number of piperidine rings is 1. The largest absolute Gasteiger partial charge is 0.332 e. The van der Waals surface area contributed by atoms with Crippen molar-refractivity contribution in [3.8, 4) is 0 Å². The van der Waals surface area contributed by atoms with Crippen molar-refractivity contribution in [3.63, 3.8) is 0 Å². The van der Waals surface area contributed by atoms with Crippen LogP contribution in [-0.2, 0) is 16.0 Å². The quantitative estimate of drug-likeness (QED) is 0.657. The van der Waals surface area contributed by atoms with Crippen molar-refractivity contribution < 1.29 is 9.59 Å². The Morgan fingerprint density at radius 3 is 2.38 bits per heavy atom. The van der Waals surface area contributed by atoms with Gasteiger partial charge in [-0.1, -0.05) is 32.1 Å². The first kappa shape index (κ1) is 21.8. The first-order valence-corrected chi connectivity index (χ1v) is 13.1. The minimum atomic E-state index is -0.0473. The lowest BCUT2D eigenvalue weighted by molar-refractivity contribution is -0.136. The lowest BCUT2D eigenvalue weighted by Crippen LogP contribution is -2.40. The van der Waals surface area contributed by atoms with E-state index in [4.69, 9.17) is 9.97 Å². The number of nitrogens with zero attached hydrogens (tertiary/aromatic N) is 4. The molecule has 3 heterocycles. The maximum atomic E-state index is 13.2. The van der Waals surface area contributed by atoms with E-state index in [9.17, 15) is 9.59 Å². The van der Waals surface area contributed by atoms with Gasteiger partial charge in [-0.2, -0.15) is 0 Å². The SMILES string of the molecule is Cc1nc([C@H]2CCCCN2C(=O)CC2CCCC2)nc2c1CC(=O)N2CC1CCCCC1. The Bertz CT molecular complexity index is 858. The molecule has 1 atom stereocenters. The van der Waals surface area contributed by atoms with Crippen LogP contribution in [0.25, 0.3) is 0 Å². The third-order valence-electron chi connectivity index (χ3n) is 8.32. The second-order valence-electron chi connectivity index (χ2n) is 10.6. The van der Waals surface area contributed by atoms with E-state index < -0.39 is 0 Å². The molecule has 0 aromatic carbocycles. The molecule has 3 fully saturated rings. The molecule has 0 unspecified atom stereocenters. The molecule has 5 rings (SSSR count). The average molecular weight is 439 g/mol. The van der Waals surface area contributed by atoms with Crippen molar-refractivity contribution in [1.82, 2.24) is 14.9 Å². The molecule has 0 radical (unpaired) electrons. The molecule has 2 aliphatic heterocycles. The summed E-state index contributed by atoms with van der Waals surface area (Å²) in [5, 5.41) is 0. The Morgan fingerprint density at radius 2 is 1.59 bits per heavy atom.